The van der Waals surface area contributed by atoms with E-state index in [0.29, 0.717) is 11.5 Å². The van der Waals surface area contributed by atoms with Crippen LogP contribution in [0.5, 0.6) is 5.75 Å². The van der Waals surface area contributed by atoms with Gasteiger partial charge in [0.2, 0.25) is 0 Å². The van der Waals surface area contributed by atoms with Gasteiger partial charge in [0.1, 0.15) is 5.75 Å². The maximum atomic E-state index is 5.59. The molecule has 28 heavy (non-hydrogen) atoms. The number of likely N-dealkylation sites (tertiary alicyclic amines) is 1. The highest BCUT2D eigenvalue weighted by Crippen LogP contribution is 2.56. The van der Waals surface area contributed by atoms with Gasteiger partial charge in [-0.05, 0) is 67.0 Å². The van der Waals surface area contributed by atoms with Crippen LogP contribution in [-0.2, 0) is 11.8 Å². The molecule has 2 aliphatic carbocycles. The number of benzene rings is 2. The van der Waals surface area contributed by atoms with Crippen LogP contribution in [0.15, 0.2) is 54.6 Å². The first-order valence-corrected chi connectivity index (χ1v) is 10.9. The summed E-state index contributed by atoms with van der Waals surface area (Å²) in [6.07, 6.45) is 12.7. The smallest absolute Gasteiger partial charge is 0.119 e. The van der Waals surface area contributed by atoms with E-state index in [9.17, 15) is 0 Å². The average Bonchev–Trinajstić information content (AvgIpc) is 2.76. The summed E-state index contributed by atoms with van der Waals surface area (Å²) >= 11 is 0. The van der Waals surface area contributed by atoms with Crippen LogP contribution in [0, 0.1) is 5.92 Å². The lowest BCUT2D eigenvalue weighted by molar-refractivity contribution is -0.00513. The first-order chi connectivity index (χ1) is 13.8. The maximum absolute atomic E-state index is 5.59. The summed E-state index contributed by atoms with van der Waals surface area (Å²) in [7, 11) is 1.80. The van der Waals surface area contributed by atoms with Crippen LogP contribution in [0.25, 0.3) is 6.08 Å². The molecule has 0 N–H and O–H groups in total. The molecule has 3 atom stereocenters. The highest BCUT2D eigenvalue weighted by molar-refractivity contribution is 5.49. The van der Waals surface area contributed by atoms with Gasteiger partial charge >= 0.3 is 0 Å². The minimum Gasteiger partial charge on any atom is -0.497 e. The number of hydrogen-bond acceptors (Lipinski definition) is 2. The fourth-order valence-corrected chi connectivity index (χ4v) is 6.31. The third-order valence-corrected chi connectivity index (χ3v) is 7.61. The normalized spacial score (nSPS) is 29.3. The molecule has 5 rings (SSSR count). The molecule has 2 aromatic carbocycles. The van der Waals surface area contributed by atoms with E-state index in [2.05, 4.69) is 65.6 Å². The van der Waals surface area contributed by atoms with Crippen molar-refractivity contribution in [2.45, 2.75) is 50.0 Å². The highest BCUT2D eigenvalue weighted by Gasteiger charge is 2.53. The summed E-state index contributed by atoms with van der Waals surface area (Å²) in [5.41, 5.74) is 4.88. The van der Waals surface area contributed by atoms with Gasteiger partial charge in [0.15, 0.2) is 0 Å². The Kier molecular flexibility index (Phi) is 4.76. The number of piperidine rings is 1. The molecule has 2 nitrogen and oxygen atoms in total. The van der Waals surface area contributed by atoms with E-state index in [1.165, 1.54) is 50.6 Å². The largest absolute Gasteiger partial charge is 0.497 e. The monoisotopic (exact) mass is 373 g/mol. The first kappa shape index (κ1) is 18.0. The molecule has 0 amide bonds. The van der Waals surface area contributed by atoms with Crippen molar-refractivity contribution in [2.24, 2.45) is 5.92 Å². The number of nitrogens with zero attached hydrogens (tertiary/aromatic N) is 1. The van der Waals surface area contributed by atoms with E-state index >= 15 is 0 Å². The van der Waals surface area contributed by atoms with Gasteiger partial charge in [-0.3, -0.25) is 4.90 Å². The number of methoxy groups -OCH3 is 1. The van der Waals surface area contributed by atoms with E-state index in [4.69, 9.17) is 4.74 Å². The van der Waals surface area contributed by atoms with E-state index in [0.717, 1.165) is 18.2 Å². The van der Waals surface area contributed by atoms with Gasteiger partial charge in [-0.2, -0.15) is 0 Å². The zero-order chi connectivity index (χ0) is 19.0. The number of rotatable bonds is 4. The minimum atomic E-state index is 0.394. The van der Waals surface area contributed by atoms with Crippen molar-refractivity contribution >= 4 is 6.08 Å². The van der Waals surface area contributed by atoms with Crippen molar-refractivity contribution in [1.82, 2.24) is 4.90 Å². The Bertz CT molecular complexity index is 858. The molecule has 0 spiro atoms. The SMILES string of the molecule is COc1ccc2c(c1)[C@@]13CCCC[C@H]1[C@@H](C2)N(C/C=C/c1ccccc1)CC3. The summed E-state index contributed by atoms with van der Waals surface area (Å²) in [5, 5.41) is 0. The summed E-state index contributed by atoms with van der Waals surface area (Å²) in [4.78, 5) is 2.76. The lowest BCUT2D eigenvalue weighted by Gasteiger charge is -2.59. The van der Waals surface area contributed by atoms with Gasteiger partial charge in [0, 0.05) is 18.0 Å². The first-order valence-electron chi connectivity index (χ1n) is 10.9. The molecule has 2 aromatic rings. The standard InChI is InChI=1S/C26H31NO/c1-28-22-13-12-21-18-25-23-11-5-6-14-26(23,24(21)19-22)15-17-27(25)16-7-10-20-8-3-2-4-9-20/h2-4,7-10,12-13,19,23,25H,5-6,11,14-18H2,1H3/b10-7+/t23-,25+,26+/m0/s1. The molecular formula is C26H31NO. The molecule has 146 valence electrons. The minimum absolute atomic E-state index is 0.394. The van der Waals surface area contributed by atoms with Gasteiger partial charge in [-0.25, -0.2) is 0 Å². The molecule has 2 heteroatoms. The quantitative estimate of drug-likeness (QED) is 0.705. The fourth-order valence-electron chi connectivity index (χ4n) is 6.31. The lowest BCUT2D eigenvalue weighted by Crippen LogP contribution is -2.60. The molecule has 0 unspecified atom stereocenters. The predicted octanol–water partition coefficient (Wildman–Crippen LogP) is 5.47. The molecule has 0 radical (unpaired) electrons. The maximum Gasteiger partial charge on any atom is 0.119 e. The number of ether oxygens (including phenoxy) is 1. The second-order valence-corrected chi connectivity index (χ2v) is 8.86. The molecule has 3 aliphatic rings. The molecule has 1 saturated heterocycles. The van der Waals surface area contributed by atoms with Crippen LogP contribution in [0.4, 0.5) is 0 Å². The zero-order valence-corrected chi connectivity index (χ0v) is 16.9. The molecule has 1 aliphatic heterocycles. The van der Waals surface area contributed by atoms with Crippen LogP contribution in [0.2, 0.25) is 0 Å². The van der Waals surface area contributed by atoms with Crippen molar-refractivity contribution in [3.63, 3.8) is 0 Å². The van der Waals surface area contributed by atoms with E-state index in [1.54, 1.807) is 18.2 Å². The van der Waals surface area contributed by atoms with Crippen molar-refractivity contribution in [3.05, 3.63) is 71.3 Å². The summed E-state index contributed by atoms with van der Waals surface area (Å²) in [5.74, 6) is 1.84. The highest BCUT2D eigenvalue weighted by atomic mass is 16.5. The third kappa shape index (κ3) is 2.99. The molecule has 1 heterocycles. The molecule has 2 bridgehead atoms. The topological polar surface area (TPSA) is 12.5 Å². The Morgan fingerprint density at radius 1 is 1.11 bits per heavy atom. The van der Waals surface area contributed by atoms with Crippen LogP contribution in [0.1, 0.15) is 48.8 Å². The second kappa shape index (κ2) is 7.40. The number of fused-ring (bicyclic) bond motifs is 1. The van der Waals surface area contributed by atoms with Crippen LogP contribution < -0.4 is 4.74 Å². The number of hydrogen-bond donors (Lipinski definition) is 0. The van der Waals surface area contributed by atoms with Gasteiger partial charge in [-0.15, -0.1) is 0 Å². The Balaban J connectivity index is 1.43. The molecular weight excluding hydrogens is 342 g/mol. The zero-order valence-electron chi connectivity index (χ0n) is 16.9. The summed E-state index contributed by atoms with van der Waals surface area (Å²) in [6.45, 7) is 2.29. The van der Waals surface area contributed by atoms with E-state index in [1.807, 2.05) is 0 Å². The Hall–Kier alpha value is -2.06. The van der Waals surface area contributed by atoms with Crippen molar-refractivity contribution < 1.29 is 4.74 Å². The third-order valence-electron chi connectivity index (χ3n) is 7.61. The molecule has 0 aromatic heterocycles. The van der Waals surface area contributed by atoms with E-state index in [-0.39, 0.29) is 0 Å². The van der Waals surface area contributed by atoms with Crippen molar-refractivity contribution in [2.75, 3.05) is 20.2 Å². The lowest BCUT2D eigenvalue weighted by atomic mass is 9.52. The van der Waals surface area contributed by atoms with E-state index < -0.39 is 0 Å². The van der Waals surface area contributed by atoms with Gasteiger partial charge in [-0.1, -0.05) is 61.4 Å². The van der Waals surface area contributed by atoms with Gasteiger partial charge in [0.05, 0.1) is 7.11 Å². The Labute approximate surface area is 169 Å². The predicted molar refractivity (Wildman–Crippen MR) is 116 cm³/mol. The molecule has 2 fully saturated rings. The fraction of sp³-hybridized carbons (Fsp3) is 0.462. The summed E-state index contributed by atoms with van der Waals surface area (Å²) in [6, 6.07) is 18.2. The van der Waals surface area contributed by atoms with Crippen molar-refractivity contribution in [1.29, 1.82) is 0 Å². The van der Waals surface area contributed by atoms with Crippen LogP contribution in [0.3, 0.4) is 0 Å². The Morgan fingerprint density at radius 3 is 2.86 bits per heavy atom. The van der Waals surface area contributed by atoms with Gasteiger partial charge < -0.3 is 4.74 Å². The average molecular weight is 374 g/mol. The second-order valence-electron chi connectivity index (χ2n) is 8.86. The molecule has 1 saturated carbocycles. The summed E-state index contributed by atoms with van der Waals surface area (Å²) < 4.78 is 5.59. The Morgan fingerprint density at radius 2 is 2.00 bits per heavy atom. The van der Waals surface area contributed by atoms with Crippen molar-refractivity contribution in [3.8, 4) is 5.75 Å². The van der Waals surface area contributed by atoms with Gasteiger partial charge in [0.25, 0.3) is 0 Å². The van der Waals surface area contributed by atoms with Crippen LogP contribution in [-0.4, -0.2) is 31.1 Å². The van der Waals surface area contributed by atoms with Crippen LogP contribution >= 0.6 is 0 Å².